The molecule has 0 aromatic carbocycles. The third-order valence-electron chi connectivity index (χ3n) is 2.66. The van der Waals surface area contributed by atoms with Crippen LogP contribution in [-0.4, -0.2) is 35.8 Å². The second-order valence-corrected chi connectivity index (χ2v) is 4.10. The fraction of sp³-hybridized carbons (Fsp3) is 0.600. The number of morpholine rings is 1. The van der Waals surface area contributed by atoms with Crippen LogP contribution in [0.15, 0.2) is 6.20 Å². The lowest BCUT2D eigenvalue weighted by Gasteiger charge is -2.33. The number of ether oxygens (including phenoxy) is 1. The fourth-order valence-electron chi connectivity index (χ4n) is 1.77. The van der Waals surface area contributed by atoms with Gasteiger partial charge in [-0.3, -0.25) is 0 Å². The van der Waals surface area contributed by atoms with Crippen molar-refractivity contribution in [1.29, 1.82) is 0 Å². The largest absolute Gasteiger partial charge is 0.394 e. The lowest BCUT2D eigenvalue weighted by atomic mass is 10.2. The number of nitrogen functional groups attached to an aromatic ring is 1. The molecule has 2 heterocycles. The molecule has 1 unspecified atom stereocenters. The van der Waals surface area contributed by atoms with Gasteiger partial charge in [0.2, 0.25) is 5.28 Å². The van der Waals surface area contributed by atoms with E-state index < -0.39 is 0 Å². The Hall–Kier alpha value is -1.07. The van der Waals surface area contributed by atoms with E-state index in [0.29, 0.717) is 18.1 Å². The highest BCUT2D eigenvalue weighted by Gasteiger charge is 2.21. The molecule has 1 aliphatic heterocycles. The molecule has 2 rings (SSSR count). The van der Waals surface area contributed by atoms with Gasteiger partial charge in [-0.25, -0.2) is 4.98 Å². The number of nitrogens with zero attached hydrogens (tertiary/aromatic N) is 3. The molecule has 16 heavy (non-hydrogen) atoms. The lowest BCUT2D eigenvalue weighted by Crippen LogP contribution is -2.43. The molecule has 5 nitrogen and oxygen atoms in total. The maximum atomic E-state index is 5.84. The number of nitrogens with two attached hydrogens (primary N) is 1. The van der Waals surface area contributed by atoms with Crippen LogP contribution >= 0.6 is 11.6 Å². The summed E-state index contributed by atoms with van der Waals surface area (Å²) in [6.45, 7) is 4.38. The summed E-state index contributed by atoms with van der Waals surface area (Å²) in [6.07, 6.45) is 2.76. The molecule has 0 saturated carbocycles. The zero-order valence-corrected chi connectivity index (χ0v) is 9.94. The van der Waals surface area contributed by atoms with E-state index in [4.69, 9.17) is 22.1 Å². The van der Waals surface area contributed by atoms with Crippen LogP contribution in [0.5, 0.6) is 0 Å². The standard InChI is InChI=1S/C10H15ClN4O/c1-2-7-6-15(3-4-16-7)9-8(12)5-13-10(11)14-9/h5,7H,2-4,6,12H2,1H3. The molecule has 1 aliphatic rings. The molecule has 0 spiro atoms. The molecule has 1 saturated heterocycles. The van der Waals surface area contributed by atoms with E-state index in [1.807, 2.05) is 0 Å². The molecule has 0 bridgehead atoms. The molecule has 0 aliphatic carbocycles. The fourth-order valence-corrected chi connectivity index (χ4v) is 1.90. The van der Waals surface area contributed by atoms with E-state index in [0.717, 1.165) is 19.5 Å². The SMILES string of the molecule is CCC1CN(c2nc(Cl)ncc2N)CCO1. The monoisotopic (exact) mass is 242 g/mol. The number of anilines is 2. The van der Waals surface area contributed by atoms with Gasteiger partial charge in [-0.1, -0.05) is 6.92 Å². The summed E-state index contributed by atoms with van der Waals surface area (Å²) in [5.74, 6) is 0.710. The van der Waals surface area contributed by atoms with Crippen LogP contribution in [0.3, 0.4) is 0 Å². The van der Waals surface area contributed by atoms with E-state index in [1.165, 1.54) is 0 Å². The minimum atomic E-state index is 0.226. The van der Waals surface area contributed by atoms with Crippen LogP contribution < -0.4 is 10.6 Å². The molecule has 1 aromatic rings. The molecule has 6 heteroatoms. The topological polar surface area (TPSA) is 64.3 Å². The molecule has 2 N–H and O–H groups in total. The average molecular weight is 243 g/mol. The predicted octanol–water partition coefficient (Wildman–Crippen LogP) is 1.33. The Morgan fingerprint density at radius 2 is 2.50 bits per heavy atom. The van der Waals surface area contributed by atoms with Crippen LogP contribution in [0.25, 0.3) is 0 Å². The highest BCUT2D eigenvalue weighted by Crippen LogP contribution is 2.23. The smallest absolute Gasteiger partial charge is 0.224 e. The third-order valence-corrected chi connectivity index (χ3v) is 2.84. The first kappa shape index (κ1) is 11.4. The van der Waals surface area contributed by atoms with Gasteiger partial charge in [-0.2, -0.15) is 4.98 Å². The molecule has 1 aromatic heterocycles. The summed E-state index contributed by atoms with van der Waals surface area (Å²) in [6, 6.07) is 0. The molecular weight excluding hydrogens is 228 g/mol. The molecule has 88 valence electrons. The van der Waals surface area contributed by atoms with Crippen molar-refractivity contribution in [2.75, 3.05) is 30.3 Å². The van der Waals surface area contributed by atoms with Gasteiger partial charge in [0.05, 0.1) is 24.6 Å². The van der Waals surface area contributed by atoms with Gasteiger partial charge in [0.25, 0.3) is 0 Å². The van der Waals surface area contributed by atoms with Crippen molar-refractivity contribution in [3.8, 4) is 0 Å². The van der Waals surface area contributed by atoms with E-state index in [-0.39, 0.29) is 11.4 Å². The number of aromatic nitrogens is 2. The van der Waals surface area contributed by atoms with Gasteiger partial charge >= 0.3 is 0 Å². The first-order chi connectivity index (χ1) is 7.70. The number of halogens is 1. The third kappa shape index (κ3) is 2.36. The molecule has 1 fully saturated rings. The summed E-state index contributed by atoms with van der Waals surface area (Å²) in [4.78, 5) is 10.1. The molecular formula is C10H15ClN4O. The van der Waals surface area contributed by atoms with Crippen molar-refractivity contribution in [2.24, 2.45) is 0 Å². The Labute approximate surface area is 99.6 Å². The van der Waals surface area contributed by atoms with Crippen molar-refractivity contribution < 1.29 is 4.74 Å². The van der Waals surface area contributed by atoms with Gasteiger partial charge in [-0.15, -0.1) is 0 Å². The van der Waals surface area contributed by atoms with Crippen LogP contribution in [-0.2, 0) is 4.74 Å². The van der Waals surface area contributed by atoms with E-state index in [2.05, 4.69) is 21.8 Å². The maximum absolute atomic E-state index is 5.84. The summed E-state index contributed by atoms with van der Waals surface area (Å²) >= 11 is 5.77. The lowest BCUT2D eigenvalue weighted by molar-refractivity contribution is 0.0382. The first-order valence-corrected chi connectivity index (χ1v) is 5.73. The summed E-state index contributed by atoms with van der Waals surface area (Å²) < 4.78 is 5.59. The summed E-state index contributed by atoms with van der Waals surface area (Å²) in [7, 11) is 0. The molecule has 0 amide bonds. The quantitative estimate of drug-likeness (QED) is 0.793. The summed E-state index contributed by atoms with van der Waals surface area (Å²) in [5.41, 5.74) is 6.40. The van der Waals surface area contributed by atoms with Crippen LogP contribution in [0.4, 0.5) is 11.5 Å². The zero-order valence-electron chi connectivity index (χ0n) is 9.19. The van der Waals surface area contributed by atoms with Gasteiger partial charge in [-0.05, 0) is 18.0 Å². The molecule has 0 radical (unpaired) electrons. The normalized spacial score (nSPS) is 21.1. The van der Waals surface area contributed by atoms with Gasteiger partial charge in [0.1, 0.15) is 0 Å². The Kier molecular flexibility index (Phi) is 3.46. The number of hydrogen-bond acceptors (Lipinski definition) is 5. The van der Waals surface area contributed by atoms with E-state index in [9.17, 15) is 0 Å². The maximum Gasteiger partial charge on any atom is 0.224 e. The van der Waals surface area contributed by atoms with Crippen molar-refractivity contribution in [2.45, 2.75) is 19.4 Å². The molecule has 1 atom stereocenters. The highest BCUT2D eigenvalue weighted by molar-refractivity contribution is 6.28. The van der Waals surface area contributed by atoms with Gasteiger partial charge in [0.15, 0.2) is 5.82 Å². The zero-order chi connectivity index (χ0) is 11.5. The average Bonchev–Trinajstić information content (AvgIpc) is 2.32. The second-order valence-electron chi connectivity index (χ2n) is 3.77. The minimum Gasteiger partial charge on any atom is -0.394 e. The first-order valence-electron chi connectivity index (χ1n) is 5.35. The highest BCUT2D eigenvalue weighted by atomic mass is 35.5. The minimum absolute atomic E-state index is 0.226. The predicted molar refractivity (Wildman–Crippen MR) is 63.7 cm³/mol. The van der Waals surface area contributed by atoms with Crippen molar-refractivity contribution in [3.63, 3.8) is 0 Å². The van der Waals surface area contributed by atoms with Crippen molar-refractivity contribution in [3.05, 3.63) is 11.5 Å². The van der Waals surface area contributed by atoms with Gasteiger partial charge in [0, 0.05) is 13.1 Å². The van der Waals surface area contributed by atoms with Crippen molar-refractivity contribution in [1.82, 2.24) is 9.97 Å². The summed E-state index contributed by atoms with van der Waals surface area (Å²) in [5, 5.41) is 0.226. The van der Waals surface area contributed by atoms with Crippen molar-refractivity contribution >= 4 is 23.1 Å². The second kappa shape index (κ2) is 4.84. The van der Waals surface area contributed by atoms with Crippen LogP contribution in [0.1, 0.15) is 13.3 Å². The van der Waals surface area contributed by atoms with E-state index >= 15 is 0 Å². The number of hydrogen-bond donors (Lipinski definition) is 1. The van der Waals surface area contributed by atoms with Gasteiger partial charge < -0.3 is 15.4 Å². The Balaban J connectivity index is 2.19. The van der Waals surface area contributed by atoms with Crippen LogP contribution in [0.2, 0.25) is 5.28 Å². The Morgan fingerprint density at radius 3 is 3.25 bits per heavy atom. The van der Waals surface area contributed by atoms with Crippen LogP contribution in [0, 0.1) is 0 Å². The Morgan fingerprint density at radius 1 is 1.69 bits per heavy atom. The Bertz CT molecular complexity index is 374. The van der Waals surface area contributed by atoms with E-state index in [1.54, 1.807) is 6.20 Å². The number of rotatable bonds is 2.